The molecule has 6 heterocycles. The molecule has 0 bridgehead atoms. The monoisotopic (exact) mass is 1250 g/mol. The second-order valence-electron chi connectivity index (χ2n) is 24.9. The van der Waals surface area contributed by atoms with Gasteiger partial charge in [0, 0.05) is 115 Å². The van der Waals surface area contributed by atoms with Crippen LogP contribution >= 0.6 is 0 Å². The van der Waals surface area contributed by atoms with Gasteiger partial charge in [0.1, 0.15) is 42.3 Å². The zero-order valence-corrected chi connectivity index (χ0v) is 59.1. The molecule has 94 heavy (non-hydrogen) atoms. The lowest BCUT2D eigenvalue weighted by molar-refractivity contribution is -0.661. The summed E-state index contributed by atoms with van der Waals surface area (Å²) < 4.78 is 79.6. The summed E-state index contributed by atoms with van der Waals surface area (Å²) in [6.07, 6.45) is 11.5. The van der Waals surface area contributed by atoms with Crippen LogP contribution in [0.15, 0.2) is 231 Å². The highest BCUT2D eigenvalue weighted by atomic mass is 14.9. The van der Waals surface area contributed by atoms with E-state index in [0.29, 0.717) is 16.7 Å². The second kappa shape index (κ2) is 33.2. The quantitative estimate of drug-likeness (QED) is 0.148. The van der Waals surface area contributed by atoms with Crippen LogP contribution < -0.4 is 27.4 Å². The van der Waals surface area contributed by atoms with Crippen molar-refractivity contribution in [1.82, 2.24) is 0 Å². The van der Waals surface area contributed by atoms with Crippen LogP contribution in [0.4, 0.5) is 0 Å². The second-order valence-corrected chi connectivity index (χ2v) is 24.9. The van der Waals surface area contributed by atoms with Gasteiger partial charge in [0.2, 0.25) is 34.2 Å². The number of nitrogens with zero attached hydrogens (tertiary/aromatic N) is 6. The number of aryl methyl sites for hydroxylation is 20. The number of hydrogen-bond donors (Lipinski definition) is 0. The van der Waals surface area contributed by atoms with Crippen molar-refractivity contribution in [2.45, 2.75) is 111 Å². The Kier molecular flexibility index (Phi) is 20.9. The fourth-order valence-electron chi connectivity index (χ4n) is 12.0. The zero-order valence-electron chi connectivity index (χ0n) is 68.1. The van der Waals surface area contributed by atoms with Gasteiger partial charge < -0.3 is 0 Å². The van der Waals surface area contributed by atoms with Crippen molar-refractivity contribution in [3.8, 4) is 67.5 Å². The Bertz CT molecular complexity index is 4900. The third-order valence-corrected chi connectivity index (χ3v) is 17.4. The van der Waals surface area contributed by atoms with E-state index in [0.717, 1.165) is 44.9 Å². The van der Waals surface area contributed by atoms with Gasteiger partial charge in [-0.05, 0) is 215 Å². The highest BCUT2D eigenvalue weighted by molar-refractivity contribution is 5.67. The van der Waals surface area contributed by atoms with Gasteiger partial charge in [-0.1, -0.05) is 109 Å². The Labute approximate surface area is 577 Å². The van der Waals surface area contributed by atoms with Crippen LogP contribution in [0.1, 0.15) is 101 Å². The zero-order chi connectivity index (χ0) is 76.0. The van der Waals surface area contributed by atoms with E-state index >= 15 is 0 Å². The molecule has 6 nitrogen and oxygen atoms in total. The van der Waals surface area contributed by atoms with E-state index in [1.165, 1.54) is 95.0 Å². The van der Waals surface area contributed by atoms with E-state index in [9.17, 15) is 0 Å². The minimum absolute atomic E-state index is 0.363. The maximum atomic E-state index is 7.55. The van der Waals surface area contributed by atoms with Gasteiger partial charge in [-0.25, -0.2) is 27.4 Å². The fourth-order valence-corrected chi connectivity index (χ4v) is 12.0. The highest BCUT2D eigenvalue weighted by Crippen LogP contribution is 2.28. The molecule has 0 fully saturated rings. The van der Waals surface area contributed by atoms with Crippen molar-refractivity contribution in [1.29, 1.82) is 0 Å². The van der Waals surface area contributed by atoms with Crippen LogP contribution in [0.2, 0.25) is 0 Å². The Balaban J connectivity index is 0.000000173. The van der Waals surface area contributed by atoms with Crippen molar-refractivity contribution in [3.05, 3.63) is 320 Å². The van der Waals surface area contributed by atoms with Crippen molar-refractivity contribution in [2.24, 2.45) is 42.3 Å². The normalized spacial score (nSPS) is 12.3. The van der Waals surface area contributed by atoms with Crippen molar-refractivity contribution in [3.63, 3.8) is 0 Å². The van der Waals surface area contributed by atoms with Gasteiger partial charge in [0.05, 0.1) is 0 Å². The average Bonchev–Trinajstić information content (AvgIpc) is 0.802. The van der Waals surface area contributed by atoms with Crippen LogP contribution in [0.3, 0.4) is 0 Å². The largest absolute Gasteiger partial charge is 0.215 e. The summed E-state index contributed by atoms with van der Waals surface area (Å²) in [7, 11) is 12.0. The van der Waals surface area contributed by atoms with Crippen molar-refractivity contribution in [2.75, 3.05) is 0 Å². The van der Waals surface area contributed by atoms with Crippen molar-refractivity contribution >= 4 is 0 Å². The fraction of sp³-hybridized carbons (Fsp3) is 0.250. The van der Waals surface area contributed by atoms with Gasteiger partial charge in [-0.15, -0.1) is 0 Å². The molecule has 0 aliphatic carbocycles. The molecular weight excluding hydrogens is 1140 g/mol. The molecule has 0 saturated carbocycles. The maximum Gasteiger partial charge on any atom is 0.215 e. The summed E-state index contributed by atoms with van der Waals surface area (Å²) in [4.78, 5) is 0. The first-order chi connectivity index (χ1) is 48.4. The maximum absolute atomic E-state index is 7.55. The SMILES string of the molecule is Cc1cc[n+](C)c(-c2ccccc2C)c1.Cc1ccccc1-c1c(C)c(C)c(C)c[n+]1C.Cc1ccccc1-c1c(C)ccc[n+]1C.[2H]C([2H])([2H])c1c[n+](C)c(-c2ccccc2C)cc1C.[2H]C([2H])([2H])c1cc(C)c(-c2ccccc2C)[n+](C)c1.[2H]C([2H])([2H])c1ccc(-c2ccccc2C)[n+](C)c1. The van der Waals surface area contributed by atoms with E-state index in [-0.39, 0.29) is 0 Å². The molecule has 6 aromatic carbocycles. The van der Waals surface area contributed by atoms with Crippen LogP contribution in [-0.2, 0) is 42.3 Å². The van der Waals surface area contributed by atoms with Gasteiger partial charge in [-0.2, -0.15) is 0 Å². The molecule has 0 aliphatic rings. The first-order valence-corrected chi connectivity index (χ1v) is 32.2. The van der Waals surface area contributed by atoms with Gasteiger partial charge in [0.25, 0.3) is 0 Å². The van der Waals surface area contributed by atoms with E-state index in [2.05, 4.69) is 244 Å². The van der Waals surface area contributed by atoms with Crippen LogP contribution in [0, 0.1) is 111 Å². The summed E-state index contributed by atoms with van der Waals surface area (Å²) in [5.74, 6) is 0. The van der Waals surface area contributed by atoms with Gasteiger partial charge in [-0.3, -0.25) is 0 Å². The molecule has 6 aromatic heterocycles. The lowest BCUT2D eigenvalue weighted by Crippen LogP contribution is -2.33. The molecule has 12 rings (SSSR count). The molecular formula is C88H104N6+6. The number of pyridine rings is 6. The lowest BCUT2D eigenvalue weighted by atomic mass is 9.97. The number of aromatic nitrogens is 6. The molecule has 0 amide bonds. The van der Waals surface area contributed by atoms with E-state index in [4.69, 9.17) is 12.3 Å². The number of rotatable bonds is 6. The first-order valence-electron chi connectivity index (χ1n) is 36.7. The number of benzene rings is 6. The first kappa shape index (κ1) is 59.2. The third kappa shape index (κ3) is 18.3. The van der Waals surface area contributed by atoms with E-state index < -0.39 is 20.6 Å². The van der Waals surface area contributed by atoms with Crippen molar-refractivity contribution < 1.29 is 39.7 Å². The molecule has 0 spiro atoms. The number of hydrogen-bond acceptors (Lipinski definition) is 0. The smallest absolute Gasteiger partial charge is 0.201 e. The Morgan fingerprint density at radius 1 is 0.223 bits per heavy atom. The molecule has 0 radical (unpaired) electrons. The minimum Gasteiger partial charge on any atom is -0.201 e. The molecule has 480 valence electrons. The Morgan fingerprint density at radius 2 is 0.617 bits per heavy atom. The predicted molar refractivity (Wildman–Crippen MR) is 394 cm³/mol. The molecule has 12 aromatic rings. The molecule has 0 atom stereocenters. The van der Waals surface area contributed by atoms with Crippen LogP contribution in [-0.4, -0.2) is 0 Å². The highest BCUT2D eigenvalue weighted by Gasteiger charge is 2.21. The Morgan fingerprint density at radius 3 is 1.06 bits per heavy atom. The molecule has 0 saturated heterocycles. The molecule has 0 unspecified atom stereocenters. The standard InChI is InChI=1S/C16H20N.2C15H18N.3C14H16N/c1-11-8-6-7-9-15(11)16-14(4)13(3)12(2)10-17(16)5;1-11-9-13(3)15(16(4)10-11)14-8-6-5-7-12(14)2;1-11-7-5-6-8-14(11)15-9-12(2)13(3)10-16(15)4;1-11-7-4-5-9-13(11)14-12(2)8-6-10-15(14)3;1-11-8-9-15(3)14(10-11)13-7-5-4-6-12(13)2;1-11-8-9-14(15(3)10-11)13-7-5-4-6-12(13)2/h6-10H,1-5H3;2*5-10H,1-4H3;3*4-10H,1-3H3/q6*+1/i;1D3;3D3;;;1D3. The van der Waals surface area contributed by atoms with Gasteiger partial charge in [0.15, 0.2) is 37.2 Å². The topological polar surface area (TPSA) is 23.3 Å². The Hall–Kier alpha value is -9.78. The average molecular weight is 1250 g/mol. The summed E-state index contributed by atoms with van der Waals surface area (Å²) in [6, 6.07) is 65.7. The lowest BCUT2D eigenvalue weighted by Gasteiger charge is -2.10. The van der Waals surface area contributed by atoms with Gasteiger partial charge >= 0.3 is 0 Å². The predicted octanol–water partition coefficient (Wildman–Crippen LogP) is 18.0. The summed E-state index contributed by atoms with van der Waals surface area (Å²) in [6.45, 7) is 21.1. The molecule has 0 N–H and O–H groups in total. The minimum atomic E-state index is -2.06. The van der Waals surface area contributed by atoms with E-state index in [1.807, 2.05) is 116 Å². The molecule has 0 aliphatic heterocycles. The summed E-state index contributed by atoms with van der Waals surface area (Å²) in [5.41, 5.74) is 31.5. The van der Waals surface area contributed by atoms with Crippen LogP contribution in [0.25, 0.3) is 67.5 Å². The summed E-state index contributed by atoms with van der Waals surface area (Å²) in [5, 5.41) is 0. The van der Waals surface area contributed by atoms with E-state index in [1.54, 1.807) is 30.7 Å². The van der Waals surface area contributed by atoms with Crippen LogP contribution in [0.5, 0.6) is 0 Å². The third-order valence-electron chi connectivity index (χ3n) is 17.4. The molecule has 6 heteroatoms. The summed E-state index contributed by atoms with van der Waals surface area (Å²) >= 11 is 0.